The van der Waals surface area contributed by atoms with Gasteiger partial charge in [-0.05, 0) is 49.1 Å². The molecule has 4 heterocycles. The van der Waals surface area contributed by atoms with Crippen molar-refractivity contribution in [3.05, 3.63) is 56.9 Å². The number of fused-ring (bicyclic) bond motifs is 5. The summed E-state index contributed by atoms with van der Waals surface area (Å²) >= 11 is 0. The van der Waals surface area contributed by atoms with Gasteiger partial charge in [-0.1, -0.05) is 27.2 Å². The summed E-state index contributed by atoms with van der Waals surface area (Å²) in [6.45, 7) is 5.92. The first-order chi connectivity index (χ1) is 16.8. The van der Waals surface area contributed by atoms with Gasteiger partial charge in [0.15, 0.2) is 5.60 Å². The molecule has 8 nitrogen and oxygen atoms in total. The van der Waals surface area contributed by atoms with Crippen molar-refractivity contribution in [2.75, 3.05) is 0 Å². The number of unbranched alkanes of at least 4 members (excludes halogenated alkanes) is 1. The summed E-state index contributed by atoms with van der Waals surface area (Å²) < 4.78 is 12.3. The minimum absolute atomic E-state index is 0.0969. The molecule has 0 saturated carbocycles. The lowest BCUT2D eigenvalue weighted by atomic mass is 9.86. The van der Waals surface area contributed by atoms with Gasteiger partial charge in [-0.15, -0.1) is 0 Å². The van der Waals surface area contributed by atoms with E-state index < -0.39 is 11.6 Å². The van der Waals surface area contributed by atoms with Crippen molar-refractivity contribution < 1.29 is 24.2 Å². The second kappa shape index (κ2) is 8.61. The zero-order valence-electron chi connectivity index (χ0n) is 20.1. The number of aryl methyl sites for hydroxylation is 1. The van der Waals surface area contributed by atoms with E-state index in [9.17, 15) is 19.5 Å². The van der Waals surface area contributed by atoms with Crippen molar-refractivity contribution in [3.63, 3.8) is 0 Å². The normalized spacial score (nSPS) is 18.1. The molecule has 35 heavy (non-hydrogen) atoms. The SMILES string of the molecule is CCCCC(=O)Oc1ccc2nc3c(c(CC)c2c1)Cn1c-3cc2c(c1=O)COC(=O)[C@]2(O)CC. The van der Waals surface area contributed by atoms with Crippen LogP contribution in [0.1, 0.15) is 68.7 Å². The van der Waals surface area contributed by atoms with E-state index in [4.69, 9.17) is 14.5 Å². The average Bonchev–Trinajstić information content (AvgIpc) is 3.22. The smallest absolute Gasteiger partial charge is 0.343 e. The van der Waals surface area contributed by atoms with Crippen LogP contribution in [0.5, 0.6) is 5.75 Å². The number of aromatic nitrogens is 2. The van der Waals surface area contributed by atoms with Crippen LogP contribution in [0.15, 0.2) is 29.1 Å². The molecule has 1 atom stereocenters. The second-order valence-corrected chi connectivity index (χ2v) is 9.13. The van der Waals surface area contributed by atoms with Gasteiger partial charge in [-0.3, -0.25) is 9.59 Å². The third-order valence-corrected chi connectivity index (χ3v) is 7.10. The number of ether oxygens (including phenoxy) is 2. The Hall–Kier alpha value is -3.52. The average molecular weight is 477 g/mol. The maximum Gasteiger partial charge on any atom is 0.343 e. The summed E-state index contributed by atoms with van der Waals surface area (Å²) in [4.78, 5) is 42.8. The van der Waals surface area contributed by atoms with Crippen molar-refractivity contribution >= 4 is 22.8 Å². The molecule has 0 bridgehead atoms. The first-order valence-electron chi connectivity index (χ1n) is 12.2. The molecule has 0 radical (unpaired) electrons. The minimum Gasteiger partial charge on any atom is -0.458 e. The van der Waals surface area contributed by atoms with Crippen LogP contribution in [0.3, 0.4) is 0 Å². The molecule has 182 valence electrons. The van der Waals surface area contributed by atoms with Crippen LogP contribution in [0, 0.1) is 0 Å². The maximum absolute atomic E-state index is 13.4. The number of aliphatic hydroxyl groups is 1. The number of benzene rings is 1. The fourth-order valence-corrected chi connectivity index (χ4v) is 5.11. The first kappa shape index (κ1) is 23.2. The molecule has 2 aliphatic rings. The largest absolute Gasteiger partial charge is 0.458 e. The van der Waals surface area contributed by atoms with Gasteiger partial charge < -0.3 is 19.1 Å². The van der Waals surface area contributed by atoms with Crippen molar-refractivity contribution in [2.24, 2.45) is 0 Å². The van der Waals surface area contributed by atoms with Crippen molar-refractivity contribution in [1.82, 2.24) is 9.55 Å². The number of carbonyl (C=O) groups is 2. The molecule has 5 rings (SSSR count). The Morgan fingerprint density at radius 1 is 1.20 bits per heavy atom. The highest BCUT2D eigenvalue weighted by atomic mass is 16.6. The van der Waals surface area contributed by atoms with E-state index in [1.54, 1.807) is 23.6 Å². The number of nitrogens with zero attached hydrogens (tertiary/aromatic N) is 2. The standard InChI is InChI=1S/C27H28N2O6/c1-4-7-8-23(30)35-15-9-10-21-17(11-15)16(5-2)18-13-29-22(24(18)28-21)12-20-19(25(29)31)14-34-26(32)27(20,33)6-3/h9-12,33H,4-8,13-14H2,1-3H3/t27-/m0/s1. The van der Waals surface area contributed by atoms with Crippen molar-refractivity contribution in [2.45, 2.75) is 71.6 Å². The maximum atomic E-state index is 13.4. The Morgan fingerprint density at radius 3 is 2.71 bits per heavy atom. The van der Waals surface area contributed by atoms with E-state index in [0.29, 0.717) is 47.7 Å². The van der Waals surface area contributed by atoms with Gasteiger partial charge in [0.25, 0.3) is 5.56 Å². The predicted molar refractivity (Wildman–Crippen MR) is 129 cm³/mol. The number of esters is 2. The summed E-state index contributed by atoms with van der Waals surface area (Å²) in [5.74, 6) is -0.526. The van der Waals surface area contributed by atoms with Gasteiger partial charge in [0.2, 0.25) is 0 Å². The number of hydrogen-bond donors (Lipinski definition) is 1. The molecular formula is C27H28N2O6. The van der Waals surface area contributed by atoms with Crippen LogP contribution < -0.4 is 10.3 Å². The molecule has 8 heteroatoms. The van der Waals surface area contributed by atoms with Crippen molar-refractivity contribution in [1.29, 1.82) is 0 Å². The Balaban J connectivity index is 1.65. The topological polar surface area (TPSA) is 108 Å². The lowest BCUT2D eigenvalue weighted by Crippen LogP contribution is -2.44. The molecule has 0 aliphatic carbocycles. The third-order valence-electron chi connectivity index (χ3n) is 7.10. The molecule has 0 unspecified atom stereocenters. The number of pyridine rings is 2. The van der Waals surface area contributed by atoms with Crippen LogP contribution in [-0.2, 0) is 39.5 Å². The van der Waals surface area contributed by atoms with Gasteiger partial charge in [0.1, 0.15) is 12.4 Å². The highest BCUT2D eigenvalue weighted by Gasteiger charge is 2.45. The van der Waals surface area contributed by atoms with Crippen LogP contribution in [0.2, 0.25) is 0 Å². The number of hydrogen-bond acceptors (Lipinski definition) is 7. The quantitative estimate of drug-likeness (QED) is 0.334. The van der Waals surface area contributed by atoms with Gasteiger partial charge in [-0.2, -0.15) is 0 Å². The first-order valence-corrected chi connectivity index (χ1v) is 12.2. The molecule has 0 amide bonds. The molecule has 1 aromatic carbocycles. The predicted octanol–water partition coefficient (Wildman–Crippen LogP) is 3.74. The zero-order valence-corrected chi connectivity index (χ0v) is 20.1. The van der Waals surface area contributed by atoms with Gasteiger partial charge in [0.05, 0.1) is 29.0 Å². The molecule has 2 aromatic heterocycles. The summed E-state index contributed by atoms with van der Waals surface area (Å²) in [6, 6.07) is 7.10. The molecule has 0 spiro atoms. The summed E-state index contributed by atoms with van der Waals surface area (Å²) in [6.07, 6.45) is 2.86. The van der Waals surface area contributed by atoms with E-state index >= 15 is 0 Å². The van der Waals surface area contributed by atoms with Crippen LogP contribution >= 0.6 is 0 Å². The Bertz CT molecular complexity index is 1440. The number of rotatable bonds is 6. The molecule has 1 N–H and O–H groups in total. The fourth-order valence-electron chi connectivity index (χ4n) is 5.11. The van der Waals surface area contributed by atoms with Crippen LogP contribution in [0.25, 0.3) is 22.3 Å². The highest BCUT2D eigenvalue weighted by molar-refractivity contribution is 5.90. The summed E-state index contributed by atoms with van der Waals surface area (Å²) in [5.41, 5.74) is 2.37. The molecule has 3 aromatic rings. The minimum atomic E-state index is -1.86. The number of cyclic esters (lactones) is 1. The third kappa shape index (κ3) is 3.55. The molecule has 0 saturated heterocycles. The zero-order chi connectivity index (χ0) is 24.9. The van der Waals surface area contributed by atoms with Crippen LogP contribution in [0.4, 0.5) is 0 Å². The highest BCUT2D eigenvalue weighted by Crippen LogP contribution is 2.40. The van der Waals surface area contributed by atoms with Crippen LogP contribution in [-0.4, -0.2) is 26.6 Å². The second-order valence-electron chi connectivity index (χ2n) is 9.13. The lowest BCUT2D eigenvalue weighted by molar-refractivity contribution is -0.172. The Morgan fingerprint density at radius 2 is 2.00 bits per heavy atom. The van der Waals surface area contributed by atoms with E-state index in [0.717, 1.165) is 34.9 Å². The molecule has 0 fully saturated rings. The summed E-state index contributed by atoms with van der Waals surface area (Å²) in [5, 5.41) is 11.9. The van der Waals surface area contributed by atoms with E-state index in [2.05, 4.69) is 0 Å². The molecular weight excluding hydrogens is 448 g/mol. The van der Waals surface area contributed by atoms with Gasteiger partial charge >= 0.3 is 11.9 Å². The number of carbonyl (C=O) groups excluding carboxylic acids is 2. The summed E-state index contributed by atoms with van der Waals surface area (Å²) in [7, 11) is 0. The van der Waals surface area contributed by atoms with E-state index in [1.165, 1.54) is 0 Å². The lowest BCUT2D eigenvalue weighted by Gasteiger charge is -2.31. The molecule has 2 aliphatic heterocycles. The Labute approximate surface area is 202 Å². The van der Waals surface area contributed by atoms with E-state index in [1.807, 2.05) is 26.0 Å². The van der Waals surface area contributed by atoms with E-state index in [-0.39, 0.29) is 24.6 Å². The monoisotopic (exact) mass is 476 g/mol. The van der Waals surface area contributed by atoms with Crippen molar-refractivity contribution in [3.8, 4) is 17.1 Å². The fraction of sp³-hybridized carbons (Fsp3) is 0.407. The Kier molecular flexibility index (Phi) is 5.71. The van der Waals surface area contributed by atoms with Gasteiger partial charge in [-0.25, -0.2) is 9.78 Å². The van der Waals surface area contributed by atoms with Gasteiger partial charge in [0, 0.05) is 22.9 Å².